The molecule has 0 aliphatic carbocycles. The zero-order chi connectivity index (χ0) is 22.2. The minimum Gasteiger partial charge on any atom is -0.340 e. The molecule has 0 amide bonds. The lowest BCUT2D eigenvalue weighted by Crippen LogP contribution is -2.01. The molecule has 3 aromatic carbocycles. The largest absolute Gasteiger partial charge is 0.340 e. The molecule has 3 aromatic heterocycles. The number of fused-ring (bicyclic) bond motifs is 2. The first-order chi connectivity index (χ1) is 16.2. The Hall–Kier alpha value is -4.52. The van der Waals surface area contributed by atoms with E-state index in [0.29, 0.717) is 0 Å². The quantitative estimate of drug-likeness (QED) is 0.408. The third-order valence-corrected chi connectivity index (χ3v) is 5.79. The standard InChI is InChI=1S/C26H21N7/c1-32-12-11-27-26(32)19-7-9-23-22(14-19)25(29-17-28-23)31-21-8-10-24-20(13-21)15-30-33(24)16-18-5-3-2-4-6-18/h2-15,17H,16H2,1H3,(H,28,29,31). The summed E-state index contributed by atoms with van der Waals surface area (Å²) in [5, 5.41) is 10.1. The van der Waals surface area contributed by atoms with E-state index in [1.807, 2.05) is 59.0 Å². The maximum atomic E-state index is 4.59. The number of hydrogen-bond donors (Lipinski definition) is 1. The van der Waals surface area contributed by atoms with Crippen molar-refractivity contribution in [2.45, 2.75) is 6.54 Å². The Morgan fingerprint density at radius 1 is 0.909 bits per heavy atom. The van der Waals surface area contributed by atoms with Crippen LogP contribution in [-0.4, -0.2) is 29.3 Å². The summed E-state index contributed by atoms with van der Waals surface area (Å²) < 4.78 is 4.02. The molecule has 0 unspecified atom stereocenters. The summed E-state index contributed by atoms with van der Waals surface area (Å²) in [5.74, 6) is 1.66. The number of nitrogens with zero attached hydrogens (tertiary/aromatic N) is 6. The van der Waals surface area contributed by atoms with Crippen LogP contribution < -0.4 is 5.32 Å². The number of anilines is 2. The molecule has 0 aliphatic heterocycles. The van der Waals surface area contributed by atoms with E-state index >= 15 is 0 Å². The molecule has 33 heavy (non-hydrogen) atoms. The third-order valence-electron chi connectivity index (χ3n) is 5.79. The number of hydrogen-bond acceptors (Lipinski definition) is 5. The van der Waals surface area contributed by atoms with E-state index in [1.54, 1.807) is 12.5 Å². The van der Waals surface area contributed by atoms with Crippen LogP contribution in [0.3, 0.4) is 0 Å². The third kappa shape index (κ3) is 3.59. The summed E-state index contributed by atoms with van der Waals surface area (Å²) in [7, 11) is 1.99. The molecule has 0 atom stereocenters. The second-order valence-corrected chi connectivity index (χ2v) is 8.00. The van der Waals surface area contributed by atoms with E-state index in [9.17, 15) is 0 Å². The summed E-state index contributed by atoms with van der Waals surface area (Å²) in [4.78, 5) is 13.4. The van der Waals surface area contributed by atoms with Crippen molar-refractivity contribution in [2.24, 2.45) is 7.05 Å². The van der Waals surface area contributed by atoms with Crippen LogP contribution in [0.2, 0.25) is 0 Å². The molecular formula is C26H21N7. The van der Waals surface area contributed by atoms with Crippen molar-refractivity contribution >= 4 is 33.3 Å². The fourth-order valence-electron chi connectivity index (χ4n) is 4.12. The van der Waals surface area contributed by atoms with Crippen molar-refractivity contribution in [1.29, 1.82) is 0 Å². The van der Waals surface area contributed by atoms with Crippen molar-refractivity contribution in [3.63, 3.8) is 0 Å². The zero-order valence-electron chi connectivity index (χ0n) is 18.1. The number of imidazole rings is 1. The molecule has 0 spiro atoms. The van der Waals surface area contributed by atoms with Crippen LogP contribution in [0.4, 0.5) is 11.5 Å². The van der Waals surface area contributed by atoms with Crippen LogP contribution in [-0.2, 0) is 13.6 Å². The van der Waals surface area contributed by atoms with Crippen molar-refractivity contribution < 1.29 is 0 Å². The Kier molecular flexibility index (Phi) is 4.58. The molecule has 1 N–H and O–H groups in total. The summed E-state index contributed by atoms with van der Waals surface area (Å²) in [6.45, 7) is 0.740. The Morgan fingerprint density at radius 2 is 1.82 bits per heavy atom. The molecular weight excluding hydrogens is 410 g/mol. The SMILES string of the molecule is Cn1ccnc1-c1ccc2ncnc(Nc3ccc4c(cnn4Cc4ccccc4)c3)c2c1. The molecule has 3 heterocycles. The first-order valence-corrected chi connectivity index (χ1v) is 10.7. The number of nitrogens with one attached hydrogen (secondary N) is 1. The summed E-state index contributed by atoms with van der Waals surface area (Å²) >= 11 is 0. The van der Waals surface area contributed by atoms with Crippen LogP contribution in [0.1, 0.15) is 5.56 Å². The Bertz CT molecular complexity index is 1580. The first kappa shape index (κ1) is 19.2. The lowest BCUT2D eigenvalue weighted by Gasteiger charge is -2.10. The average Bonchev–Trinajstić information content (AvgIpc) is 3.45. The first-order valence-electron chi connectivity index (χ1n) is 10.7. The highest BCUT2D eigenvalue weighted by molar-refractivity contribution is 5.94. The maximum absolute atomic E-state index is 4.59. The molecule has 0 aliphatic rings. The zero-order valence-corrected chi connectivity index (χ0v) is 18.1. The number of aromatic nitrogens is 6. The summed E-state index contributed by atoms with van der Waals surface area (Å²) in [6.07, 6.45) is 7.23. The van der Waals surface area contributed by atoms with Gasteiger partial charge in [-0.2, -0.15) is 5.10 Å². The lowest BCUT2D eigenvalue weighted by molar-refractivity contribution is 0.712. The van der Waals surface area contributed by atoms with Gasteiger partial charge >= 0.3 is 0 Å². The smallest absolute Gasteiger partial charge is 0.141 e. The highest BCUT2D eigenvalue weighted by Gasteiger charge is 2.10. The summed E-state index contributed by atoms with van der Waals surface area (Å²) in [6, 6.07) is 22.7. The fourth-order valence-corrected chi connectivity index (χ4v) is 4.12. The van der Waals surface area contributed by atoms with E-state index < -0.39 is 0 Å². The molecule has 160 valence electrons. The van der Waals surface area contributed by atoms with Gasteiger partial charge in [0, 0.05) is 41.5 Å². The Balaban J connectivity index is 1.34. The van der Waals surface area contributed by atoms with Gasteiger partial charge in [-0.25, -0.2) is 15.0 Å². The van der Waals surface area contributed by atoms with Crippen molar-refractivity contribution in [1.82, 2.24) is 29.3 Å². The van der Waals surface area contributed by atoms with E-state index in [1.165, 1.54) is 5.56 Å². The van der Waals surface area contributed by atoms with Gasteiger partial charge in [0.15, 0.2) is 0 Å². The molecule has 6 rings (SSSR count). The normalized spacial score (nSPS) is 11.3. The minimum atomic E-state index is 0.740. The topological polar surface area (TPSA) is 73.5 Å². The van der Waals surface area contributed by atoms with Crippen molar-refractivity contribution in [3.05, 3.63) is 97.2 Å². The number of rotatable bonds is 5. The molecule has 6 aromatic rings. The molecule has 0 fully saturated rings. The second kappa shape index (κ2) is 7.87. The predicted molar refractivity (Wildman–Crippen MR) is 130 cm³/mol. The van der Waals surface area contributed by atoms with Crippen LogP contribution >= 0.6 is 0 Å². The fraction of sp³-hybridized carbons (Fsp3) is 0.0769. The van der Waals surface area contributed by atoms with Gasteiger partial charge in [-0.05, 0) is 42.0 Å². The molecule has 0 saturated carbocycles. The van der Waals surface area contributed by atoms with Crippen LogP contribution in [0, 0.1) is 0 Å². The number of benzene rings is 3. The van der Waals surface area contributed by atoms with Crippen molar-refractivity contribution in [2.75, 3.05) is 5.32 Å². The lowest BCUT2D eigenvalue weighted by atomic mass is 10.1. The molecule has 7 heteroatoms. The van der Waals surface area contributed by atoms with Gasteiger partial charge in [0.05, 0.1) is 23.8 Å². The van der Waals surface area contributed by atoms with E-state index in [4.69, 9.17) is 0 Å². The summed E-state index contributed by atoms with van der Waals surface area (Å²) in [5.41, 5.74) is 5.16. The van der Waals surface area contributed by atoms with Crippen LogP contribution in [0.15, 0.2) is 91.6 Å². The van der Waals surface area contributed by atoms with E-state index in [2.05, 4.69) is 61.8 Å². The van der Waals surface area contributed by atoms with Gasteiger partial charge in [-0.1, -0.05) is 30.3 Å². The van der Waals surface area contributed by atoms with Gasteiger partial charge in [0.2, 0.25) is 0 Å². The van der Waals surface area contributed by atoms with E-state index in [-0.39, 0.29) is 0 Å². The van der Waals surface area contributed by atoms with Crippen LogP contribution in [0.5, 0.6) is 0 Å². The second-order valence-electron chi connectivity index (χ2n) is 8.00. The van der Waals surface area contributed by atoms with E-state index in [0.717, 1.165) is 51.2 Å². The molecule has 0 bridgehead atoms. The molecule has 0 radical (unpaired) electrons. The molecule has 0 saturated heterocycles. The minimum absolute atomic E-state index is 0.740. The van der Waals surface area contributed by atoms with Gasteiger partial charge in [0.1, 0.15) is 18.0 Å². The average molecular weight is 432 g/mol. The maximum Gasteiger partial charge on any atom is 0.141 e. The highest BCUT2D eigenvalue weighted by Crippen LogP contribution is 2.29. The Labute approximate surface area is 190 Å². The van der Waals surface area contributed by atoms with Crippen molar-refractivity contribution in [3.8, 4) is 11.4 Å². The predicted octanol–water partition coefficient (Wildman–Crippen LogP) is 5.17. The Morgan fingerprint density at radius 3 is 2.67 bits per heavy atom. The van der Waals surface area contributed by atoms with Gasteiger partial charge < -0.3 is 9.88 Å². The highest BCUT2D eigenvalue weighted by atomic mass is 15.3. The van der Waals surface area contributed by atoms with Gasteiger partial charge in [-0.3, -0.25) is 4.68 Å². The van der Waals surface area contributed by atoms with Gasteiger partial charge in [0.25, 0.3) is 0 Å². The molecule has 7 nitrogen and oxygen atoms in total. The monoisotopic (exact) mass is 431 g/mol. The number of aryl methyl sites for hydroxylation is 1. The van der Waals surface area contributed by atoms with Crippen LogP contribution in [0.25, 0.3) is 33.2 Å². The van der Waals surface area contributed by atoms with Gasteiger partial charge in [-0.15, -0.1) is 0 Å².